The molecule has 2 aliphatic rings. The number of fused-ring (bicyclic) bond motifs is 2. The second-order valence-corrected chi connectivity index (χ2v) is 8.85. The van der Waals surface area contributed by atoms with Gasteiger partial charge in [0, 0.05) is 35.7 Å². The van der Waals surface area contributed by atoms with E-state index in [1.807, 2.05) is 6.07 Å². The summed E-state index contributed by atoms with van der Waals surface area (Å²) >= 11 is 10.2. The number of carboxylic acid groups (broad SMARTS) is 2. The number of piperazine rings is 1. The summed E-state index contributed by atoms with van der Waals surface area (Å²) in [6.07, 6.45) is 1.43. The quantitative estimate of drug-likeness (QED) is 0.598. The van der Waals surface area contributed by atoms with Gasteiger partial charge in [-0.05, 0) is 47.5 Å². The van der Waals surface area contributed by atoms with Crippen LogP contribution in [0.3, 0.4) is 0 Å². The Kier molecular flexibility index (Phi) is 7.89. The normalized spacial score (nSPS) is 18.5. The molecule has 2 aromatic carbocycles. The second kappa shape index (κ2) is 10.4. The van der Waals surface area contributed by atoms with Crippen LogP contribution >= 0.6 is 27.5 Å². The van der Waals surface area contributed by atoms with Gasteiger partial charge in [-0.2, -0.15) is 0 Å². The number of nitrogens with zero attached hydrogens (tertiary/aromatic N) is 2. The summed E-state index contributed by atoms with van der Waals surface area (Å²) in [5.74, 6) is -2.62. The van der Waals surface area contributed by atoms with Crippen molar-refractivity contribution >= 4 is 50.0 Å². The minimum absolute atomic E-state index is 0.245. The standard InChI is InChI=1S/C20H20BrClN2.C3H4O4/c1-23-8-10-24(11-9-23)20-16-5-3-2-4-14(16)12-19(21)17-7-6-15(22)13-18(17)20;4-2(5)1-3(6)7/h2-7,12-13,20H,8-11H2,1H3;1H2,(H,4,5)(H,6,7). The van der Waals surface area contributed by atoms with E-state index in [1.54, 1.807) is 0 Å². The maximum Gasteiger partial charge on any atom is 0.314 e. The van der Waals surface area contributed by atoms with E-state index in [0.717, 1.165) is 35.7 Å². The lowest BCUT2D eigenvalue weighted by atomic mass is 9.92. The maximum atomic E-state index is 9.43. The van der Waals surface area contributed by atoms with Gasteiger partial charge in [0.2, 0.25) is 0 Å². The van der Waals surface area contributed by atoms with Gasteiger partial charge in [-0.15, -0.1) is 0 Å². The van der Waals surface area contributed by atoms with Crippen LogP contribution in [0.2, 0.25) is 5.02 Å². The zero-order valence-corrected chi connectivity index (χ0v) is 19.4. The van der Waals surface area contributed by atoms with Crippen molar-refractivity contribution in [3.8, 4) is 0 Å². The Labute approximate surface area is 194 Å². The molecule has 8 heteroatoms. The largest absolute Gasteiger partial charge is 0.481 e. The minimum atomic E-state index is -1.31. The van der Waals surface area contributed by atoms with Crippen LogP contribution in [-0.2, 0) is 9.59 Å². The Morgan fingerprint density at radius 2 is 1.68 bits per heavy atom. The van der Waals surface area contributed by atoms with Crippen LogP contribution in [0.1, 0.15) is 34.7 Å². The van der Waals surface area contributed by atoms with Gasteiger partial charge >= 0.3 is 11.9 Å². The number of halogens is 2. The van der Waals surface area contributed by atoms with E-state index in [2.05, 4.69) is 75.3 Å². The molecule has 0 saturated carbocycles. The van der Waals surface area contributed by atoms with Crippen LogP contribution < -0.4 is 0 Å². The molecule has 1 heterocycles. The number of benzene rings is 2. The molecule has 0 bridgehead atoms. The molecule has 4 rings (SSSR count). The van der Waals surface area contributed by atoms with Gasteiger partial charge in [-0.1, -0.05) is 57.9 Å². The van der Waals surface area contributed by atoms with Crippen molar-refractivity contribution < 1.29 is 19.8 Å². The Morgan fingerprint density at radius 1 is 1.03 bits per heavy atom. The Hall–Kier alpha value is -2.19. The number of carboxylic acids is 2. The molecule has 1 aliphatic carbocycles. The predicted molar refractivity (Wildman–Crippen MR) is 125 cm³/mol. The van der Waals surface area contributed by atoms with Crippen molar-refractivity contribution in [2.45, 2.75) is 12.5 Å². The van der Waals surface area contributed by atoms with Gasteiger partial charge in [0.05, 0.1) is 6.04 Å². The van der Waals surface area contributed by atoms with Gasteiger partial charge in [-0.3, -0.25) is 14.5 Å². The van der Waals surface area contributed by atoms with Crippen molar-refractivity contribution in [2.24, 2.45) is 0 Å². The first kappa shape index (κ1) is 23.5. The summed E-state index contributed by atoms with van der Waals surface area (Å²) in [6, 6.07) is 15.2. The third-order valence-electron chi connectivity index (χ3n) is 5.34. The van der Waals surface area contributed by atoms with E-state index in [9.17, 15) is 9.59 Å². The van der Waals surface area contributed by atoms with E-state index >= 15 is 0 Å². The molecule has 1 aliphatic heterocycles. The van der Waals surface area contributed by atoms with Crippen LogP contribution in [0, 0.1) is 0 Å². The lowest BCUT2D eigenvalue weighted by molar-refractivity contribution is -0.147. The molecule has 0 radical (unpaired) electrons. The summed E-state index contributed by atoms with van der Waals surface area (Å²) in [4.78, 5) is 23.8. The van der Waals surface area contributed by atoms with Crippen molar-refractivity contribution in [1.82, 2.24) is 9.80 Å². The van der Waals surface area contributed by atoms with Crippen molar-refractivity contribution in [3.63, 3.8) is 0 Å². The molecule has 2 N–H and O–H groups in total. The zero-order chi connectivity index (χ0) is 22.5. The molecule has 6 nitrogen and oxygen atoms in total. The van der Waals surface area contributed by atoms with Gasteiger partial charge in [0.25, 0.3) is 0 Å². The highest BCUT2D eigenvalue weighted by atomic mass is 79.9. The van der Waals surface area contributed by atoms with E-state index in [4.69, 9.17) is 21.8 Å². The molecular formula is C23H24BrClN2O4. The summed E-state index contributed by atoms with van der Waals surface area (Å²) in [5.41, 5.74) is 5.17. The third-order valence-corrected chi connectivity index (χ3v) is 6.23. The van der Waals surface area contributed by atoms with Gasteiger partial charge in [-0.25, -0.2) is 0 Å². The summed E-state index contributed by atoms with van der Waals surface area (Å²) in [5, 5.41) is 16.2. The Bertz CT molecular complexity index is 991. The molecule has 2 aromatic rings. The molecule has 164 valence electrons. The molecular weight excluding hydrogens is 484 g/mol. The zero-order valence-electron chi connectivity index (χ0n) is 17.1. The monoisotopic (exact) mass is 506 g/mol. The molecule has 1 unspecified atom stereocenters. The van der Waals surface area contributed by atoms with Crippen LogP contribution in [0.5, 0.6) is 0 Å². The second-order valence-electron chi connectivity index (χ2n) is 7.56. The molecule has 1 atom stereocenters. The van der Waals surface area contributed by atoms with E-state index in [0.29, 0.717) is 0 Å². The number of hydrogen-bond donors (Lipinski definition) is 2. The SMILES string of the molecule is CN1CCN(C2c3ccccc3C=C(Br)c3ccc(Cl)cc32)CC1.O=C(O)CC(=O)O. The van der Waals surface area contributed by atoms with Crippen LogP contribution in [-0.4, -0.2) is 65.2 Å². The number of aliphatic carboxylic acids is 2. The first-order valence-electron chi connectivity index (χ1n) is 9.88. The molecule has 31 heavy (non-hydrogen) atoms. The van der Waals surface area contributed by atoms with Crippen molar-refractivity contribution in [1.29, 1.82) is 0 Å². The predicted octanol–water partition coefficient (Wildman–Crippen LogP) is 4.43. The fourth-order valence-corrected chi connectivity index (χ4v) is 4.64. The highest BCUT2D eigenvalue weighted by Gasteiger charge is 2.30. The van der Waals surface area contributed by atoms with Crippen LogP contribution in [0.4, 0.5) is 0 Å². The Balaban J connectivity index is 0.000000339. The smallest absolute Gasteiger partial charge is 0.314 e. The average Bonchev–Trinajstić information content (AvgIpc) is 2.82. The van der Waals surface area contributed by atoms with Gasteiger partial charge in [0.1, 0.15) is 6.42 Å². The van der Waals surface area contributed by atoms with Gasteiger partial charge < -0.3 is 15.1 Å². The van der Waals surface area contributed by atoms with Gasteiger partial charge in [0.15, 0.2) is 0 Å². The van der Waals surface area contributed by atoms with Crippen molar-refractivity contribution in [2.75, 3.05) is 33.2 Å². The maximum absolute atomic E-state index is 9.43. The number of hydrogen-bond acceptors (Lipinski definition) is 4. The Morgan fingerprint density at radius 3 is 2.29 bits per heavy atom. The molecule has 0 aromatic heterocycles. The fraction of sp³-hybridized carbons (Fsp3) is 0.304. The number of likely N-dealkylation sites (N-methyl/N-ethyl adjacent to an activating group) is 1. The highest BCUT2D eigenvalue weighted by Crippen LogP contribution is 2.42. The van der Waals surface area contributed by atoms with E-state index < -0.39 is 18.4 Å². The fourth-order valence-electron chi connectivity index (χ4n) is 3.85. The molecule has 0 spiro atoms. The first-order valence-corrected chi connectivity index (χ1v) is 11.1. The van der Waals surface area contributed by atoms with E-state index in [-0.39, 0.29) is 6.04 Å². The lowest BCUT2D eigenvalue weighted by Crippen LogP contribution is -2.46. The molecule has 0 amide bonds. The molecule has 1 saturated heterocycles. The van der Waals surface area contributed by atoms with E-state index in [1.165, 1.54) is 22.3 Å². The third kappa shape index (κ3) is 5.95. The number of carbonyl (C=O) groups is 2. The van der Waals surface area contributed by atoms with Crippen molar-refractivity contribution in [3.05, 3.63) is 69.7 Å². The lowest BCUT2D eigenvalue weighted by Gasteiger charge is -2.39. The van der Waals surface area contributed by atoms with Crippen LogP contribution in [0.15, 0.2) is 42.5 Å². The average molecular weight is 508 g/mol. The summed E-state index contributed by atoms with van der Waals surface area (Å²) in [7, 11) is 2.20. The summed E-state index contributed by atoms with van der Waals surface area (Å²) in [6.45, 7) is 4.34. The highest BCUT2D eigenvalue weighted by molar-refractivity contribution is 9.15. The first-order chi connectivity index (χ1) is 14.8. The van der Waals surface area contributed by atoms with Crippen LogP contribution in [0.25, 0.3) is 10.6 Å². The summed E-state index contributed by atoms with van der Waals surface area (Å²) < 4.78 is 1.12. The topological polar surface area (TPSA) is 81.1 Å². The minimum Gasteiger partial charge on any atom is -0.481 e. The number of rotatable bonds is 3. The molecule has 1 fully saturated rings.